The highest BCUT2D eigenvalue weighted by Gasteiger charge is 2.37. The standard InChI is InChI=1S/C43H56F2N6O9/c1-43(2,3)41(36-25-31(33-26-32(44)9-10-34(33)45)28-49(36)27-30-7-5-4-6-8-30)51(40(56)29-52)17-13-35(46)42(57)48-16-15-47-37(53)14-19-58-21-23-60-24-22-59-20-18-50-38(54)11-12-39(50)55/h4-12,25-26,28,35,41,52H,13-24,27,29,46H2,1-3H3,(H,47,53)(H,48,57). The van der Waals surface area contributed by atoms with Gasteiger partial charge in [0.05, 0.1) is 58.3 Å². The summed E-state index contributed by atoms with van der Waals surface area (Å²) in [6, 6.07) is 12.8. The fourth-order valence-corrected chi connectivity index (χ4v) is 6.63. The maximum atomic E-state index is 15.0. The van der Waals surface area contributed by atoms with E-state index in [-0.39, 0.29) is 95.3 Å². The van der Waals surface area contributed by atoms with E-state index in [9.17, 15) is 33.5 Å². The molecule has 5 amide bonds. The number of nitrogens with one attached hydrogen (secondary N) is 2. The molecule has 1 aliphatic heterocycles. The molecule has 0 bridgehead atoms. The van der Waals surface area contributed by atoms with E-state index in [1.165, 1.54) is 17.1 Å². The van der Waals surface area contributed by atoms with Crippen LogP contribution in [-0.4, -0.2) is 127 Å². The van der Waals surface area contributed by atoms with Crippen LogP contribution in [0.25, 0.3) is 11.1 Å². The van der Waals surface area contributed by atoms with Gasteiger partial charge in [0.1, 0.15) is 18.2 Å². The van der Waals surface area contributed by atoms with Crippen molar-refractivity contribution in [3.05, 3.63) is 95.8 Å². The van der Waals surface area contributed by atoms with Crippen LogP contribution in [0.2, 0.25) is 0 Å². The van der Waals surface area contributed by atoms with Crippen LogP contribution in [-0.2, 0) is 44.7 Å². The number of hydrogen-bond donors (Lipinski definition) is 4. The number of hydrogen-bond acceptors (Lipinski definition) is 10. The van der Waals surface area contributed by atoms with Crippen LogP contribution < -0.4 is 16.4 Å². The summed E-state index contributed by atoms with van der Waals surface area (Å²) in [5.74, 6) is -3.29. The van der Waals surface area contributed by atoms with Gasteiger partial charge in [0, 0.05) is 67.8 Å². The third-order valence-corrected chi connectivity index (χ3v) is 9.57. The number of benzene rings is 2. The van der Waals surface area contributed by atoms with Crippen molar-refractivity contribution in [2.75, 3.05) is 72.4 Å². The maximum Gasteiger partial charge on any atom is 0.253 e. The van der Waals surface area contributed by atoms with E-state index in [1.807, 2.05) is 55.7 Å². The van der Waals surface area contributed by atoms with E-state index in [4.69, 9.17) is 19.9 Å². The van der Waals surface area contributed by atoms with E-state index in [1.54, 1.807) is 12.3 Å². The molecule has 1 aliphatic rings. The van der Waals surface area contributed by atoms with Crippen LogP contribution in [0.5, 0.6) is 0 Å². The van der Waals surface area contributed by atoms with Gasteiger partial charge in [-0.25, -0.2) is 8.78 Å². The van der Waals surface area contributed by atoms with Gasteiger partial charge in [-0.05, 0) is 41.7 Å². The van der Waals surface area contributed by atoms with Crippen molar-refractivity contribution >= 4 is 29.5 Å². The first-order chi connectivity index (χ1) is 28.7. The summed E-state index contributed by atoms with van der Waals surface area (Å²) in [6.07, 6.45) is 4.29. The molecule has 326 valence electrons. The van der Waals surface area contributed by atoms with Crippen LogP contribution in [0, 0.1) is 17.0 Å². The summed E-state index contributed by atoms with van der Waals surface area (Å²) in [5, 5.41) is 15.5. The normalized spacial score (nSPS) is 13.8. The Labute approximate surface area is 348 Å². The van der Waals surface area contributed by atoms with Crippen molar-refractivity contribution in [2.24, 2.45) is 11.1 Å². The summed E-state index contributed by atoms with van der Waals surface area (Å²) in [7, 11) is 0. The second kappa shape index (κ2) is 23.5. The van der Waals surface area contributed by atoms with Crippen LogP contribution in [0.1, 0.15) is 50.9 Å². The van der Waals surface area contributed by atoms with Gasteiger partial charge in [0.2, 0.25) is 17.7 Å². The van der Waals surface area contributed by atoms with Crippen molar-refractivity contribution in [1.29, 1.82) is 0 Å². The largest absolute Gasteiger partial charge is 0.387 e. The highest BCUT2D eigenvalue weighted by atomic mass is 19.1. The lowest BCUT2D eigenvalue weighted by atomic mass is 9.82. The molecule has 2 unspecified atom stereocenters. The van der Waals surface area contributed by atoms with Crippen LogP contribution in [0.4, 0.5) is 8.78 Å². The first-order valence-electron chi connectivity index (χ1n) is 19.9. The van der Waals surface area contributed by atoms with Gasteiger partial charge in [-0.2, -0.15) is 0 Å². The number of ether oxygens (including phenoxy) is 3. The van der Waals surface area contributed by atoms with Crippen molar-refractivity contribution in [2.45, 2.75) is 52.2 Å². The van der Waals surface area contributed by atoms with E-state index >= 15 is 4.39 Å². The topological polar surface area (TPSA) is 195 Å². The van der Waals surface area contributed by atoms with Gasteiger partial charge in [-0.3, -0.25) is 28.9 Å². The molecule has 0 spiro atoms. The fraction of sp³-hybridized carbons (Fsp3) is 0.465. The second-order valence-corrected chi connectivity index (χ2v) is 15.2. The average molecular weight is 839 g/mol. The Morgan fingerprint density at radius 1 is 0.867 bits per heavy atom. The summed E-state index contributed by atoms with van der Waals surface area (Å²) in [6.45, 7) is 7.22. The molecule has 17 heteroatoms. The Hall–Kier alpha value is -5.33. The van der Waals surface area contributed by atoms with Gasteiger partial charge in [0.15, 0.2) is 0 Å². The van der Waals surface area contributed by atoms with Gasteiger partial charge >= 0.3 is 0 Å². The second-order valence-electron chi connectivity index (χ2n) is 15.2. The molecule has 15 nitrogen and oxygen atoms in total. The Balaban J connectivity index is 1.22. The minimum atomic E-state index is -1.03. The lowest BCUT2D eigenvalue weighted by Crippen LogP contribution is -2.48. The first-order valence-corrected chi connectivity index (χ1v) is 19.9. The van der Waals surface area contributed by atoms with E-state index in [2.05, 4.69) is 10.6 Å². The molecule has 1 aromatic heterocycles. The molecule has 0 aliphatic carbocycles. The number of carbonyl (C=O) groups excluding carboxylic acids is 5. The molecule has 0 radical (unpaired) electrons. The zero-order valence-electron chi connectivity index (χ0n) is 34.4. The van der Waals surface area contributed by atoms with E-state index < -0.39 is 47.6 Å². The van der Waals surface area contributed by atoms with Gasteiger partial charge in [-0.15, -0.1) is 0 Å². The number of carbonyl (C=O) groups is 5. The number of aliphatic hydroxyl groups excluding tert-OH is 1. The fourth-order valence-electron chi connectivity index (χ4n) is 6.63. The molecule has 2 heterocycles. The highest BCUT2D eigenvalue weighted by Crippen LogP contribution is 2.41. The smallest absolute Gasteiger partial charge is 0.253 e. The number of nitrogens with zero attached hydrogens (tertiary/aromatic N) is 3. The monoisotopic (exact) mass is 838 g/mol. The van der Waals surface area contributed by atoms with Gasteiger partial charge in [-0.1, -0.05) is 51.1 Å². The minimum absolute atomic E-state index is 0.00502. The molecule has 5 N–H and O–H groups in total. The van der Waals surface area contributed by atoms with Gasteiger partial charge in [0.25, 0.3) is 11.8 Å². The van der Waals surface area contributed by atoms with Crippen LogP contribution >= 0.6 is 0 Å². The Morgan fingerprint density at radius 3 is 2.15 bits per heavy atom. The molecule has 60 heavy (non-hydrogen) atoms. The van der Waals surface area contributed by atoms with E-state index in [0.29, 0.717) is 24.4 Å². The van der Waals surface area contributed by atoms with Crippen LogP contribution in [0.15, 0.2) is 72.9 Å². The van der Waals surface area contributed by atoms with Crippen molar-refractivity contribution in [3.8, 4) is 11.1 Å². The number of amides is 5. The Kier molecular flexibility index (Phi) is 18.5. The van der Waals surface area contributed by atoms with Gasteiger partial charge < -0.3 is 45.2 Å². The number of rotatable bonds is 25. The SMILES string of the molecule is CC(C)(C)C(c1cc(-c2cc(F)ccc2F)cn1Cc1ccccc1)N(CCC(N)C(=O)NCCNC(=O)CCOCCOCCOCCN1C(=O)C=CC1=O)C(=O)CO. The first kappa shape index (κ1) is 47.3. The number of aliphatic hydroxyl groups is 1. The Bertz CT molecular complexity index is 1920. The molecule has 0 saturated heterocycles. The predicted molar refractivity (Wildman–Crippen MR) is 218 cm³/mol. The Morgan fingerprint density at radius 2 is 1.50 bits per heavy atom. The number of imide groups is 1. The molecule has 2 aromatic carbocycles. The van der Waals surface area contributed by atoms with Crippen molar-refractivity contribution in [1.82, 2.24) is 25.0 Å². The zero-order valence-corrected chi connectivity index (χ0v) is 34.4. The summed E-state index contributed by atoms with van der Waals surface area (Å²) >= 11 is 0. The quantitative estimate of drug-likeness (QED) is 0.0729. The lowest BCUT2D eigenvalue weighted by Gasteiger charge is -2.41. The van der Waals surface area contributed by atoms with Crippen molar-refractivity contribution < 1.29 is 52.1 Å². The maximum absolute atomic E-state index is 15.0. The molecule has 2 atom stereocenters. The summed E-state index contributed by atoms with van der Waals surface area (Å²) in [5.41, 5.74) is 7.65. The molecule has 0 fully saturated rings. The molecule has 0 saturated carbocycles. The highest BCUT2D eigenvalue weighted by molar-refractivity contribution is 6.12. The third-order valence-electron chi connectivity index (χ3n) is 9.57. The molecule has 3 aromatic rings. The predicted octanol–water partition coefficient (Wildman–Crippen LogP) is 2.70. The third kappa shape index (κ3) is 14.4. The number of halogens is 2. The minimum Gasteiger partial charge on any atom is -0.387 e. The summed E-state index contributed by atoms with van der Waals surface area (Å²) < 4.78 is 47.4. The van der Waals surface area contributed by atoms with Crippen LogP contribution in [0.3, 0.4) is 0 Å². The summed E-state index contributed by atoms with van der Waals surface area (Å²) in [4.78, 5) is 64.2. The lowest BCUT2D eigenvalue weighted by molar-refractivity contribution is -0.140. The molecule has 4 rings (SSSR count). The molecular weight excluding hydrogens is 783 g/mol. The average Bonchev–Trinajstić information content (AvgIpc) is 3.77. The van der Waals surface area contributed by atoms with Crippen molar-refractivity contribution in [3.63, 3.8) is 0 Å². The number of aromatic nitrogens is 1. The zero-order chi connectivity index (χ0) is 43.7. The molecular formula is C43H56F2N6O9. The number of nitrogens with two attached hydrogens (primary N) is 1. The van der Waals surface area contributed by atoms with E-state index in [0.717, 1.165) is 28.7 Å².